The van der Waals surface area contributed by atoms with E-state index in [0.29, 0.717) is 5.92 Å². The summed E-state index contributed by atoms with van der Waals surface area (Å²) in [4.78, 5) is 0. The summed E-state index contributed by atoms with van der Waals surface area (Å²) in [7, 11) is 2.02. The van der Waals surface area contributed by atoms with Crippen molar-refractivity contribution in [2.75, 3.05) is 20.2 Å². The molecule has 1 aromatic rings. The van der Waals surface area contributed by atoms with Crippen molar-refractivity contribution in [2.24, 2.45) is 5.92 Å². The zero-order valence-corrected chi connectivity index (χ0v) is 12.6. The Kier molecular flexibility index (Phi) is 5.21. The third-order valence-corrected chi connectivity index (χ3v) is 3.95. The molecule has 1 rings (SSSR count). The minimum absolute atomic E-state index is 0.157. The van der Waals surface area contributed by atoms with Crippen molar-refractivity contribution >= 4 is 0 Å². The maximum atomic E-state index is 5.61. The highest BCUT2D eigenvalue weighted by atomic mass is 16.5. The van der Waals surface area contributed by atoms with Crippen molar-refractivity contribution in [2.45, 2.75) is 40.0 Å². The zero-order chi connectivity index (χ0) is 13.8. The molecule has 0 aromatic heterocycles. The number of likely N-dealkylation sites (N-methyl/N-ethyl adjacent to an activating group) is 1. The summed E-state index contributed by atoms with van der Waals surface area (Å²) in [6.07, 6.45) is 0. The third-order valence-electron chi connectivity index (χ3n) is 3.95. The highest BCUT2D eigenvalue weighted by Gasteiger charge is 2.30. The molecule has 1 unspecified atom stereocenters. The average Bonchev–Trinajstić information content (AvgIpc) is 2.32. The summed E-state index contributed by atoms with van der Waals surface area (Å²) < 4.78 is 5.61. The van der Waals surface area contributed by atoms with E-state index in [1.807, 2.05) is 14.0 Å². The normalized spacial score (nSPS) is 14.6. The van der Waals surface area contributed by atoms with E-state index in [1.165, 1.54) is 11.1 Å². The zero-order valence-electron chi connectivity index (χ0n) is 12.6. The van der Waals surface area contributed by atoms with Crippen molar-refractivity contribution in [1.82, 2.24) is 5.32 Å². The topological polar surface area (TPSA) is 21.3 Å². The number of hydrogen-bond donors (Lipinski definition) is 1. The highest BCUT2D eigenvalue weighted by molar-refractivity contribution is 5.39. The number of aryl methyl sites for hydroxylation is 1. The predicted molar refractivity (Wildman–Crippen MR) is 78.5 cm³/mol. The molecule has 0 saturated carbocycles. The van der Waals surface area contributed by atoms with E-state index in [0.717, 1.165) is 18.9 Å². The largest absolute Gasteiger partial charge is 0.494 e. The minimum Gasteiger partial charge on any atom is -0.494 e. The first-order valence-electron chi connectivity index (χ1n) is 6.84. The van der Waals surface area contributed by atoms with Gasteiger partial charge in [0, 0.05) is 12.0 Å². The molecule has 0 aliphatic rings. The second-order valence-electron chi connectivity index (χ2n) is 5.52. The number of benzene rings is 1. The monoisotopic (exact) mass is 249 g/mol. The fraction of sp³-hybridized carbons (Fsp3) is 0.625. The standard InChI is InChI=1S/C16H27NO/c1-7-18-15-9-8-14(10-13(15)4)16(5,11-17-6)12(2)3/h8-10,12,17H,7,11H2,1-6H3. The van der Waals surface area contributed by atoms with Crippen molar-refractivity contribution in [3.8, 4) is 5.75 Å². The summed E-state index contributed by atoms with van der Waals surface area (Å²) in [6.45, 7) is 12.7. The number of rotatable bonds is 6. The Hall–Kier alpha value is -1.02. The molecular weight excluding hydrogens is 222 g/mol. The van der Waals surface area contributed by atoms with Crippen LogP contribution in [-0.4, -0.2) is 20.2 Å². The summed E-state index contributed by atoms with van der Waals surface area (Å²) in [5, 5.41) is 3.32. The van der Waals surface area contributed by atoms with E-state index in [1.54, 1.807) is 0 Å². The van der Waals surface area contributed by atoms with Crippen LogP contribution in [0.4, 0.5) is 0 Å². The van der Waals surface area contributed by atoms with Gasteiger partial charge in [0.2, 0.25) is 0 Å². The highest BCUT2D eigenvalue weighted by Crippen LogP contribution is 2.33. The Morgan fingerprint density at radius 2 is 2.00 bits per heavy atom. The van der Waals surface area contributed by atoms with Crippen molar-refractivity contribution < 1.29 is 4.74 Å². The third kappa shape index (κ3) is 3.05. The van der Waals surface area contributed by atoms with Gasteiger partial charge in [-0.05, 0) is 44.0 Å². The molecule has 18 heavy (non-hydrogen) atoms. The molecule has 0 spiro atoms. The van der Waals surface area contributed by atoms with Crippen LogP contribution in [0.15, 0.2) is 18.2 Å². The van der Waals surface area contributed by atoms with Gasteiger partial charge in [0.05, 0.1) is 6.61 Å². The molecule has 0 radical (unpaired) electrons. The van der Waals surface area contributed by atoms with Crippen LogP contribution in [-0.2, 0) is 5.41 Å². The number of ether oxygens (including phenoxy) is 1. The van der Waals surface area contributed by atoms with Gasteiger partial charge in [-0.2, -0.15) is 0 Å². The Morgan fingerprint density at radius 1 is 1.33 bits per heavy atom. The lowest BCUT2D eigenvalue weighted by Crippen LogP contribution is -2.38. The molecule has 0 fully saturated rings. The molecule has 0 bridgehead atoms. The molecule has 2 heteroatoms. The van der Waals surface area contributed by atoms with E-state index in [-0.39, 0.29) is 5.41 Å². The lowest BCUT2D eigenvalue weighted by atomic mass is 9.73. The second-order valence-corrected chi connectivity index (χ2v) is 5.52. The quantitative estimate of drug-likeness (QED) is 0.833. The van der Waals surface area contributed by atoms with Crippen molar-refractivity contribution in [3.63, 3.8) is 0 Å². The SMILES string of the molecule is CCOc1ccc(C(C)(CNC)C(C)C)cc1C. The van der Waals surface area contributed by atoms with Crippen molar-refractivity contribution in [3.05, 3.63) is 29.3 Å². The number of hydrogen-bond acceptors (Lipinski definition) is 2. The van der Waals surface area contributed by atoms with Gasteiger partial charge in [-0.1, -0.05) is 32.9 Å². The Morgan fingerprint density at radius 3 is 2.44 bits per heavy atom. The van der Waals surface area contributed by atoms with Crippen LogP contribution >= 0.6 is 0 Å². The van der Waals surface area contributed by atoms with Crippen LogP contribution in [0, 0.1) is 12.8 Å². The first-order valence-corrected chi connectivity index (χ1v) is 6.84. The fourth-order valence-corrected chi connectivity index (χ4v) is 2.33. The van der Waals surface area contributed by atoms with Gasteiger partial charge in [-0.25, -0.2) is 0 Å². The summed E-state index contributed by atoms with van der Waals surface area (Å²) in [5.41, 5.74) is 2.76. The summed E-state index contributed by atoms with van der Waals surface area (Å²) >= 11 is 0. The molecule has 0 heterocycles. The molecule has 0 saturated heterocycles. The van der Waals surface area contributed by atoms with Crippen LogP contribution in [0.3, 0.4) is 0 Å². The van der Waals surface area contributed by atoms with E-state index in [4.69, 9.17) is 4.74 Å². The maximum Gasteiger partial charge on any atom is 0.122 e. The fourth-order valence-electron chi connectivity index (χ4n) is 2.33. The van der Waals surface area contributed by atoms with Crippen LogP contribution in [0.2, 0.25) is 0 Å². The lowest BCUT2D eigenvalue weighted by molar-refractivity contribution is 0.323. The second kappa shape index (κ2) is 6.24. The summed E-state index contributed by atoms with van der Waals surface area (Å²) in [6, 6.07) is 6.57. The molecule has 0 aliphatic heterocycles. The van der Waals surface area contributed by atoms with Gasteiger partial charge in [-0.3, -0.25) is 0 Å². The first-order chi connectivity index (χ1) is 8.45. The minimum atomic E-state index is 0.157. The van der Waals surface area contributed by atoms with Crippen LogP contribution in [0.25, 0.3) is 0 Å². The first kappa shape index (κ1) is 15.0. The molecule has 2 nitrogen and oxygen atoms in total. The van der Waals surface area contributed by atoms with Gasteiger partial charge in [-0.15, -0.1) is 0 Å². The Labute approximate surface area is 112 Å². The summed E-state index contributed by atoms with van der Waals surface area (Å²) in [5.74, 6) is 1.58. The molecule has 1 N–H and O–H groups in total. The van der Waals surface area contributed by atoms with Gasteiger partial charge < -0.3 is 10.1 Å². The van der Waals surface area contributed by atoms with Gasteiger partial charge >= 0.3 is 0 Å². The van der Waals surface area contributed by atoms with E-state index in [2.05, 4.69) is 51.2 Å². The molecular formula is C16H27NO. The van der Waals surface area contributed by atoms with Crippen LogP contribution in [0.5, 0.6) is 5.75 Å². The molecule has 1 aromatic carbocycles. The van der Waals surface area contributed by atoms with Crippen LogP contribution < -0.4 is 10.1 Å². The van der Waals surface area contributed by atoms with Crippen LogP contribution in [0.1, 0.15) is 38.8 Å². The molecule has 102 valence electrons. The smallest absolute Gasteiger partial charge is 0.122 e. The van der Waals surface area contributed by atoms with E-state index < -0.39 is 0 Å². The maximum absolute atomic E-state index is 5.61. The lowest BCUT2D eigenvalue weighted by Gasteiger charge is -2.35. The Bertz CT molecular complexity index is 387. The van der Waals surface area contributed by atoms with Gasteiger partial charge in [0.15, 0.2) is 0 Å². The van der Waals surface area contributed by atoms with Gasteiger partial charge in [0.25, 0.3) is 0 Å². The average molecular weight is 249 g/mol. The molecule has 0 amide bonds. The van der Waals surface area contributed by atoms with E-state index >= 15 is 0 Å². The van der Waals surface area contributed by atoms with Crippen molar-refractivity contribution in [1.29, 1.82) is 0 Å². The van der Waals surface area contributed by atoms with E-state index in [9.17, 15) is 0 Å². The number of nitrogens with one attached hydrogen (secondary N) is 1. The molecule has 1 atom stereocenters. The predicted octanol–water partition coefficient (Wildman–Crippen LogP) is 3.53. The van der Waals surface area contributed by atoms with Gasteiger partial charge in [0.1, 0.15) is 5.75 Å². The Balaban J connectivity index is 3.11. The molecule has 0 aliphatic carbocycles.